The van der Waals surface area contributed by atoms with Gasteiger partial charge in [-0.3, -0.25) is 10.2 Å². The van der Waals surface area contributed by atoms with Crippen molar-refractivity contribution < 1.29 is 0 Å². The van der Waals surface area contributed by atoms with Crippen LogP contribution in [0.2, 0.25) is 0 Å². The van der Waals surface area contributed by atoms with Crippen molar-refractivity contribution >= 4 is 0 Å². The molecule has 0 saturated carbocycles. The Kier molecular flexibility index (Phi) is 10.1. The van der Waals surface area contributed by atoms with E-state index in [1.54, 1.807) is 0 Å². The van der Waals surface area contributed by atoms with Crippen molar-refractivity contribution in [1.82, 2.24) is 10.2 Å². The molecule has 0 saturated heterocycles. The lowest BCUT2D eigenvalue weighted by Gasteiger charge is -2.30. The highest BCUT2D eigenvalue weighted by atomic mass is 15.3. The molecule has 0 radical (unpaired) electrons. The van der Waals surface area contributed by atoms with Gasteiger partial charge in [-0.05, 0) is 6.42 Å². The number of nitrogens with zero attached hydrogens (tertiary/aromatic N) is 1. The van der Waals surface area contributed by atoms with Gasteiger partial charge in [0.1, 0.15) is 0 Å². The van der Waals surface area contributed by atoms with E-state index in [4.69, 9.17) is 0 Å². The predicted molar refractivity (Wildman–Crippen MR) is 73.5 cm³/mol. The first kappa shape index (κ1) is 15.1. The molecule has 0 aromatic rings. The summed E-state index contributed by atoms with van der Waals surface area (Å²) >= 11 is 0. The fourth-order valence-corrected chi connectivity index (χ4v) is 1.69. The molecular weight excluding hydrogens is 196 g/mol. The minimum Gasteiger partial charge on any atom is -0.298 e. The van der Waals surface area contributed by atoms with Crippen LogP contribution in [0.1, 0.15) is 26.2 Å². The zero-order valence-corrected chi connectivity index (χ0v) is 10.6. The molecule has 0 heterocycles. The van der Waals surface area contributed by atoms with Crippen molar-refractivity contribution in [2.24, 2.45) is 0 Å². The maximum absolute atomic E-state index is 3.80. The zero-order chi connectivity index (χ0) is 12.2. The molecule has 2 heteroatoms. The Balaban J connectivity index is 4.30. The summed E-state index contributed by atoms with van der Waals surface area (Å²) in [6.07, 6.45) is 9.80. The Morgan fingerprint density at radius 1 is 1.12 bits per heavy atom. The highest BCUT2D eigenvalue weighted by Crippen LogP contribution is 2.06. The van der Waals surface area contributed by atoms with Crippen LogP contribution in [0, 0.1) is 0 Å². The minimum absolute atomic E-state index is 0.397. The van der Waals surface area contributed by atoms with Crippen LogP contribution in [0.5, 0.6) is 0 Å². The predicted octanol–water partition coefficient (Wildman–Crippen LogP) is 2.95. The number of unbranched alkanes of at least 4 members (excludes halogenated alkanes) is 1. The van der Waals surface area contributed by atoms with E-state index >= 15 is 0 Å². The quantitative estimate of drug-likeness (QED) is 0.427. The van der Waals surface area contributed by atoms with Crippen LogP contribution < -0.4 is 5.32 Å². The number of hydrogen-bond acceptors (Lipinski definition) is 2. The van der Waals surface area contributed by atoms with Crippen molar-refractivity contribution in [3.8, 4) is 0 Å². The maximum atomic E-state index is 3.80. The molecule has 0 spiro atoms. The van der Waals surface area contributed by atoms with Gasteiger partial charge in [0.15, 0.2) is 0 Å². The van der Waals surface area contributed by atoms with E-state index in [1.807, 2.05) is 18.2 Å². The average Bonchev–Trinajstić information content (AvgIpc) is 2.29. The van der Waals surface area contributed by atoms with Crippen LogP contribution in [-0.4, -0.2) is 30.7 Å². The molecule has 0 aromatic carbocycles. The molecule has 0 amide bonds. The molecule has 92 valence electrons. The van der Waals surface area contributed by atoms with E-state index in [0.717, 1.165) is 26.1 Å². The Bertz CT molecular complexity index is 189. The van der Waals surface area contributed by atoms with Gasteiger partial charge in [-0.25, -0.2) is 0 Å². The highest BCUT2D eigenvalue weighted by molar-refractivity contribution is 4.85. The smallest absolute Gasteiger partial charge is 0.0605 e. The maximum Gasteiger partial charge on any atom is 0.0605 e. The van der Waals surface area contributed by atoms with Crippen LogP contribution in [0.3, 0.4) is 0 Å². The van der Waals surface area contributed by atoms with Gasteiger partial charge in [-0.2, -0.15) is 0 Å². The third kappa shape index (κ3) is 6.59. The molecule has 0 bridgehead atoms. The zero-order valence-electron chi connectivity index (χ0n) is 10.6. The largest absolute Gasteiger partial charge is 0.298 e. The minimum atomic E-state index is 0.397. The highest BCUT2D eigenvalue weighted by Gasteiger charge is 2.14. The van der Waals surface area contributed by atoms with Crippen molar-refractivity contribution in [2.75, 3.05) is 19.6 Å². The fourth-order valence-electron chi connectivity index (χ4n) is 1.69. The summed E-state index contributed by atoms with van der Waals surface area (Å²) < 4.78 is 0. The lowest BCUT2D eigenvalue weighted by Crippen LogP contribution is -2.46. The number of rotatable bonds is 11. The Hall–Kier alpha value is -0.860. The van der Waals surface area contributed by atoms with Gasteiger partial charge < -0.3 is 0 Å². The van der Waals surface area contributed by atoms with E-state index in [0.29, 0.717) is 6.17 Å². The summed E-state index contributed by atoms with van der Waals surface area (Å²) in [6, 6.07) is 0. The van der Waals surface area contributed by atoms with Crippen molar-refractivity contribution in [1.29, 1.82) is 0 Å². The van der Waals surface area contributed by atoms with Gasteiger partial charge >= 0.3 is 0 Å². The first-order valence-electron chi connectivity index (χ1n) is 6.10. The summed E-state index contributed by atoms with van der Waals surface area (Å²) in [5.41, 5.74) is 0. The van der Waals surface area contributed by atoms with Crippen molar-refractivity contribution in [2.45, 2.75) is 32.4 Å². The standard InChI is InChI=1S/C14H26N2/c1-5-9-10-14(15-11-6-2)16(12-7-3)13-8-4/h6-8,14-15H,2-5,9-13H2,1H3. The van der Waals surface area contributed by atoms with E-state index in [1.165, 1.54) is 12.8 Å². The molecule has 0 rings (SSSR count). The fraction of sp³-hybridized carbons (Fsp3) is 0.571. The third-order valence-electron chi connectivity index (χ3n) is 2.50. The molecular formula is C14H26N2. The van der Waals surface area contributed by atoms with Gasteiger partial charge in [0, 0.05) is 19.6 Å². The van der Waals surface area contributed by atoms with E-state index < -0.39 is 0 Å². The first-order chi connectivity index (χ1) is 7.79. The van der Waals surface area contributed by atoms with Crippen molar-refractivity contribution in [3.63, 3.8) is 0 Å². The van der Waals surface area contributed by atoms with Crippen LogP contribution in [-0.2, 0) is 0 Å². The van der Waals surface area contributed by atoms with Crippen LogP contribution >= 0.6 is 0 Å². The monoisotopic (exact) mass is 222 g/mol. The van der Waals surface area contributed by atoms with Gasteiger partial charge in [0.25, 0.3) is 0 Å². The van der Waals surface area contributed by atoms with E-state index in [9.17, 15) is 0 Å². The number of hydrogen-bond donors (Lipinski definition) is 1. The van der Waals surface area contributed by atoms with Crippen LogP contribution in [0.4, 0.5) is 0 Å². The second-order valence-corrected chi connectivity index (χ2v) is 3.89. The molecule has 0 aliphatic heterocycles. The summed E-state index contributed by atoms with van der Waals surface area (Å²) in [5, 5.41) is 3.49. The molecule has 2 nitrogen and oxygen atoms in total. The van der Waals surface area contributed by atoms with Gasteiger partial charge in [-0.1, -0.05) is 38.0 Å². The second kappa shape index (κ2) is 10.7. The Labute approximate surface area is 101 Å². The summed E-state index contributed by atoms with van der Waals surface area (Å²) in [5.74, 6) is 0. The molecule has 0 fully saturated rings. The SMILES string of the molecule is C=CCNC(CCCC)N(CC=C)CC=C. The average molecular weight is 222 g/mol. The van der Waals surface area contributed by atoms with Gasteiger partial charge in [0.2, 0.25) is 0 Å². The van der Waals surface area contributed by atoms with Gasteiger partial charge in [-0.15, -0.1) is 19.7 Å². The third-order valence-corrected chi connectivity index (χ3v) is 2.50. The normalized spacial score (nSPS) is 12.4. The second-order valence-electron chi connectivity index (χ2n) is 3.89. The first-order valence-corrected chi connectivity index (χ1v) is 6.10. The molecule has 0 aromatic heterocycles. The summed E-state index contributed by atoms with van der Waals surface area (Å²) in [4.78, 5) is 2.35. The van der Waals surface area contributed by atoms with Crippen molar-refractivity contribution in [3.05, 3.63) is 38.0 Å². The summed E-state index contributed by atoms with van der Waals surface area (Å²) in [7, 11) is 0. The summed E-state index contributed by atoms with van der Waals surface area (Å²) in [6.45, 7) is 16.2. The van der Waals surface area contributed by atoms with Crippen LogP contribution in [0.15, 0.2) is 38.0 Å². The number of nitrogens with one attached hydrogen (secondary N) is 1. The molecule has 0 aliphatic carbocycles. The Morgan fingerprint density at radius 2 is 1.75 bits per heavy atom. The Morgan fingerprint density at radius 3 is 2.19 bits per heavy atom. The molecule has 0 aliphatic rings. The van der Waals surface area contributed by atoms with E-state index in [2.05, 4.69) is 36.9 Å². The van der Waals surface area contributed by atoms with Crippen LogP contribution in [0.25, 0.3) is 0 Å². The lowest BCUT2D eigenvalue weighted by atomic mass is 10.2. The lowest BCUT2D eigenvalue weighted by molar-refractivity contribution is 0.192. The van der Waals surface area contributed by atoms with E-state index in [-0.39, 0.29) is 0 Å². The molecule has 1 unspecified atom stereocenters. The topological polar surface area (TPSA) is 15.3 Å². The van der Waals surface area contributed by atoms with Gasteiger partial charge in [0.05, 0.1) is 6.17 Å². The molecule has 16 heavy (non-hydrogen) atoms. The molecule has 1 atom stereocenters. The molecule has 1 N–H and O–H groups in total.